The maximum atomic E-state index is 12.2. The number of nitrogens with one attached hydrogen (secondary N) is 1. The third-order valence-corrected chi connectivity index (χ3v) is 4.72. The molecule has 0 aromatic heterocycles. The molecule has 26 heavy (non-hydrogen) atoms. The van der Waals surface area contributed by atoms with Crippen LogP contribution in [0.2, 0.25) is 0 Å². The first-order chi connectivity index (χ1) is 12.3. The molecule has 0 amide bonds. The molecule has 0 heterocycles. The zero-order valence-electron chi connectivity index (χ0n) is 15.2. The zero-order chi connectivity index (χ0) is 19.2. The van der Waals surface area contributed by atoms with E-state index in [0.29, 0.717) is 30.8 Å². The summed E-state index contributed by atoms with van der Waals surface area (Å²) >= 11 is 0. The molecule has 0 fully saturated rings. The van der Waals surface area contributed by atoms with E-state index in [0.717, 1.165) is 11.1 Å². The van der Waals surface area contributed by atoms with Crippen LogP contribution in [0.3, 0.4) is 0 Å². The Morgan fingerprint density at radius 1 is 1.19 bits per heavy atom. The van der Waals surface area contributed by atoms with Crippen LogP contribution in [-0.4, -0.2) is 21.1 Å². The third-order valence-electron chi connectivity index (χ3n) is 3.74. The second kappa shape index (κ2) is 8.98. The van der Waals surface area contributed by atoms with Gasteiger partial charge in [0.15, 0.2) is 0 Å². The molecular weight excluding hydrogens is 348 g/mol. The van der Waals surface area contributed by atoms with Crippen molar-refractivity contribution in [2.24, 2.45) is 5.14 Å². The zero-order valence-corrected chi connectivity index (χ0v) is 16.1. The van der Waals surface area contributed by atoms with E-state index in [1.807, 2.05) is 50.2 Å². The van der Waals surface area contributed by atoms with Crippen molar-refractivity contribution in [2.75, 3.05) is 6.54 Å². The van der Waals surface area contributed by atoms with Crippen LogP contribution in [0.1, 0.15) is 30.5 Å². The largest absolute Gasteiger partial charge is 0.491 e. The van der Waals surface area contributed by atoms with Crippen molar-refractivity contribution in [3.8, 4) is 5.75 Å². The molecule has 0 radical (unpaired) electrons. The summed E-state index contributed by atoms with van der Waals surface area (Å²) in [6.45, 7) is 8.60. The molecule has 0 spiro atoms. The van der Waals surface area contributed by atoms with E-state index in [-0.39, 0.29) is 11.0 Å². The lowest BCUT2D eigenvalue weighted by molar-refractivity contribution is 0.239. The highest BCUT2D eigenvalue weighted by Crippen LogP contribution is 2.31. The van der Waals surface area contributed by atoms with E-state index in [2.05, 4.69) is 11.9 Å². The van der Waals surface area contributed by atoms with E-state index in [1.165, 1.54) is 0 Å². The first-order valence-electron chi connectivity index (χ1n) is 8.52. The molecule has 0 aliphatic carbocycles. The lowest BCUT2D eigenvalue weighted by atomic mass is 10.0. The van der Waals surface area contributed by atoms with Gasteiger partial charge in [0.2, 0.25) is 10.0 Å². The molecule has 0 saturated carbocycles. The molecule has 0 atom stereocenters. The molecule has 140 valence electrons. The molecule has 0 saturated heterocycles. The van der Waals surface area contributed by atoms with Crippen LogP contribution in [-0.2, 0) is 23.0 Å². The van der Waals surface area contributed by atoms with Crippen LogP contribution in [0, 0.1) is 0 Å². The second-order valence-electron chi connectivity index (χ2n) is 6.36. The molecule has 0 aliphatic rings. The Bertz CT molecular complexity index is 847. The maximum absolute atomic E-state index is 12.2. The van der Waals surface area contributed by atoms with Gasteiger partial charge in [-0.3, -0.25) is 0 Å². The van der Waals surface area contributed by atoms with Gasteiger partial charge in [0.1, 0.15) is 5.75 Å². The van der Waals surface area contributed by atoms with Crippen molar-refractivity contribution in [1.82, 2.24) is 5.32 Å². The van der Waals surface area contributed by atoms with Crippen LogP contribution in [0.4, 0.5) is 0 Å². The lowest BCUT2D eigenvalue weighted by Crippen LogP contribution is -2.19. The van der Waals surface area contributed by atoms with Crippen LogP contribution >= 0.6 is 0 Å². The van der Waals surface area contributed by atoms with Crippen molar-refractivity contribution < 1.29 is 13.2 Å². The summed E-state index contributed by atoms with van der Waals surface area (Å²) in [5.41, 5.74) is 2.37. The van der Waals surface area contributed by atoms with Crippen LogP contribution < -0.4 is 15.2 Å². The van der Waals surface area contributed by atoms with Gasteiger partial charge in [-0.25, -0.2) is 13.6 Å². The molecule has 2 aromatic rings. The molecule has 2 rings (SSSR count). The summed E-state index contributed by atoms with van der Waals surface area (Å²) in [5, 5.41) is 8.69. The average molecular weight is 375 g/mol. The Morgan fingerprint density at radius 3 is 2.46 bits per heavy atom. The fraction of sp³-hybridized carbons (Fsp3) is 0.300. The van der Waals surface area contributed by atoms with Gasteiger partial charge in [-0.2, -0.15) is 0 Å². The minimum Gasteiger partial charge on any atom is -0.491 e. The topological polar surface area (TPSA) is 81.4 Å². The second-order valence-corrected chi connectivity index (χ2v) is 7.89. The van der Waals surface area contributed by atoms with Crippen LogP contribution in [0.5, 0.6) is 5.75 Å². The fourth-order valence-electron chi connectivity index (χ4n) is 2.68. The van der Waals surface area contributed by atoms with E-state index >= 15 is 0 Å². The Labute approximate surface area is 155 Å². The first-order valence-corrected chi connectivity index (χ1v) is 10.1. The van der Waals surface area contributed by atoms with Gasteiger partial charge in [-0.15, -0.1) is 6.58 Å². The normalized spacial score (nSPS) is 11.5. The number of hydrogen-bond donors (Lipinski definition) is 2. The summed E-state index contributed by atoms with van der Waals surface area (Å²) < 4.78 is 30.4. The van der Waals surface area contributed by atoms with Gasteiger partial charge in [0.05, 0.1) is 11.0 Å². The SMILES string of the molecule is C=CCNCc1cc(OC(C)C)c(Cc2ccccc2)c(S(N)(=O)=O)c1. The number of sulfonamides is 1. The Hall–Kier alpha value is -2.15. The smallest absolute Gasteiger partial charge is 0.238 e. The van der Waals surface area contributed by atoms with Crippen molar-refractivity contribution in [1.29, 1.82) is 0 Å². The highest BCUT2D eigenvalue weighted by atomic mass is 32.2. The third kappa shape index (κ3) is 5.69. The number of ether oxygens (including phenoxy) is 1. The summed E-state index contributed by atoms with van der Waals surface area (Å²) in [6, 6.07) is 13.2. The van der Waals surface area contributed by atoms with Crippen molar-refractivity contribution in [3.05, 3.63) is 71.8 Å². The van der Waals surface area contributed by atoms with Crippen LogP contribution in [0.15, 0.2) is 60.0 Å². The molecule has 6 heteroatoms. The van der Waals surface area contributed by atoms with E-state index in [4.69, 9.17) is 9.88 Å². The molecular formula is C20H26N2O3S. The number of benzene rings is 2. The Balaban J connectivity index is 2.55. The van der Waals surface area contributed by atoms with Gasteiger partial charge in [-0.05, 0) is 37.1 Å². The van der Waals surface area contributed by atoms with Gasteiger partial charge in [0.25, 0.3) is 0 Å². The van der Waals surface area contributed by atoms with Gasteiger partial charge in [-0.1, -0.05) is 36.4 Å². The summed E-state index contributed by atoms with van der Waals surface area (Å²) in [7, 11) is -3.89. The summed E-state index contributed by atoms with van der Waals surface area (Å²) in [5.74, 6) is 0.547. The van der Waals surface area contributed by atoms with Gasteiger partial charge < -0.3 is 10.1 Å². The fourth-order valence-corrected chi connectivity index (χ4v) is 3.51. The Kier molecular flexibility index (Phi) is 6.97. The molecule has 0 aliphatic heterocycles. The van der Waals surface area contributed by atoms with Crippen molar-refractivity contribution in [2.45, 2.75) is 37.8 Å². The van der Waals surface area contributed by atoms with E-state index < -0.39 is 10.0 Å². The molecule has 3 N–H and O–H groups in total. The maximum Gasteiger partial charge on any atom is 0.238 e. The van der Waals surface area contributed by atoms with Crippen LogP contribution in [0.25, 0.3) is 0 Å². The number of hydrogen-bond acceptors (Lipinski definition) is 4. The van der Waals surface area contributed by atoms with Crippen molar-refractivity contribution in [3.63, 3.8) is 0 Å². The Morgan fingerprint density at radius 2 is 1.88 bits per heavy atom. The predicted octanol–water partition coefficient (Wildman–Crippen LogP) is 2.99. The number of primary sulfonamides is 1. The molecule has 0 unspecified atom stereocenters. The standard InChI is InChI=1S/C20H26N2O3S/c1-4-10-22-14-17-12-19(25-15(2)3)18(20(13-17)26(21,23)24)11-16-8-6-5-7-9-16/h4-9,12-13,15,22H,1,10-11,14H2,2-3H3,(H2,21,23,24). The summed E-state index contributed by atoms with van der Waals surface area (Å²) in [4.78, 5) is 0.106. The minimum atomic E-state index is -3.89. The lowest BCUT2D eigenvalue weighted by Gasteiger charge is -2.19. The number of rotatable bonds is 9. The quantitative estimate of drug-likeness (QED) is 0.522. The van der Waals surface area contributed by atoms with Gasteiger partial charge in [0, 0.05) is 25.1 Å². The predicted molar refractivity (Wildman–Crippen MR) is 105 cm³/mol. The van der Waals surface area contributed by atoms with Crippen molar-refractivity contribution >= 4 is 10.0 Å². The minimum absolute atomic E-state index is 0.0887. The van der Waals surface area contributed by atoms with E-state index in [9.17, 15) is 8.42 Å². The summed E-state index contributed by atoms with van der Waals surface area (Å²) in [6.07, 6.45) is 2.08. The molecule has 2 aromatic carbocycles. The average Bonchev–Trinajstić information content (AvgIpc) is 2.56. The first kappa shape index (κ1) is 20.2. The van der Waals surface area contributed by atoms with E-state index in [1.54, 1.807) is 12.1 Å². The monoisotopic (exact) mass is 374 g/mol. The molecule has 0 bridgehead atoms. The highest BCUT2D eigenvalue weighted by molar-refractivity contribution is 7.89. The van der Waals surface area contributed by atoms with Gasteiger partial charge >= 0.3 is 0 Å². The highest BCUT2D eigenvalue weighted by Gasteiger charge is 2.21. The number of nitrogens with two attached hydrogens (primary N) is 1. The molecule has 5 nitrogen and oxygen atoms in total.